The number of rotatable bonds is 6. The summed E-state index contributed by atoms with van der Waals surface area (Å²) in [5.41, 5.74) is 1.77. The first-order chi connectivity index (χ1) is 11.0. The van der Waals surface area contributed by atoms with Gasteiger partial charge in [0.1, 0.15) is 11.2 Å². The minimum atomic E-state index is -1.25. The van der Waals surface area contributed by atoms with E-state index in [0.717, 1.165) is 4.90 Å². The number of nitrogens with zero attached hydrogens (tertiary/aromatic N) is 3. The van der Waals surface area contributed by atoms with Gasteiger partial charge in [0, 0.05) is 11.7 Å². The van der Waals surface area contributed by atoms with Crippen LogP contribution in [0.1, 0.15) is 6.92 Å². The fourth-order valence-corrected chi connectivity index (χ4v) is 4.81. The Kier molecular flexibility index (Phi) is 4.39. The summed E-state index contributed by atoms with van der Waals surface area (Å²) in [6.45, 7) is 0.685. The van der Waals surface area contributed by atoms with Crippen LogP contribution in [0.5, 0.6) is 0 Å². The molecule has 2 aliphatic rings. The molecule has 10 heteroatoms. The Balaban J connectivity index is 1.91. The monoisotopic (exact) mass is 359 g/mol. The van der Waals surface area contributed by atoms with E-state index in [0.29, 0.717) is 9.91 Å². The number of hydrogen-bond acceptors (Lipinski definition) is 7. The Labute approximate surface area is 139 Å². The van der Waals surface area contributed by atoms with E-state index in [4.69, 9.17) is 0 Å². The maximum Gasteiger partial charge on any atom is 0.352 e. The number of hydrogen-bond donors (Lipinski definition) is 2. The van der Waals surface area contributed by atoms with Crippen molar-refractivity contribution in [3.05, 3.63) is 16.8 Å². The van der Waals surface area contributed by atoms with E-state index < -0.39 is 42.5 Å². The summed E-state index contributed by atoms with van der Waals surface area (Å²) in [5, 5.41) is 26.7. The van der Waals surface area contributed by atoms with Gasteiger partial charge in [-0.3, -0.25) is 9.18 Å². The van der Waals surface area contributed by atoms with Crippen molar-refractivity contribution < 1.29 is 24.2 Å². The topological polar surface area (TPSA) is 104 Å². The molecule has 3 heterocycles. The van der Waals surface area contributed by atoms with Crippen molar-refractivity contribution in [2.45, 2.75) is 23.4 Å². The molecule has 2 N–H and O–H groups in total. The summed E-state index contributed by atoms with van der Waals surface area (Å²) in [5.74, 6) is -2.96. The summed E-state index contributed by atoms with van der Waals surface area (Å²) >= 11 is 2.57. The summed E-state index contributed by atoms with van der Waals surface area (Å²) in [6.07, 6.45) is -0.942. The summed E-state index contributed by atoms with van der Waals surface area (Å²) < 4.78 is 14.2. The summed E-state index contributed by atoms with van der Waals surface area (Å²) in [4.78, 5) is 24.9. The lowest BCUT2D eigenvalue weighted by Gasteiger charge is -2.46. The molecule has 1 aromatic rings. The smallest absolute Gasteiger partial charge is 0.352 e. The molecular weight excluding hydrogens is 345 g/mol. The van der Waals surface area contributed by atoms with E-state index in [2.05, 4.69) is 10.2 Å². The van der Waals surface area contributed by atoms with Gasteiger partial charge in [-0.2, -0.15) is 0 Å². The first-order valence-electron chi connectivity index (χ1n) is 6.89. The number of carboxylic acids is 1. The van der Waals surface area contributed by atoms with E-state index in [-0.39, 0.29) is 11.4 Å². The average Bonchev–Trinajstić information content (AvgIpc) is 3.08. The van der Waals surface area contributed by atoms with Crippen LogP contribution < -0.4 is 0 Å². The Hall–Kier alpha value is -1.52. The molecule has 0 unspecified atom stereocenters. The molecule has 0 aromatic carbocycles. The van der Waals surface area contributed by atoms with Crippen molar-refractivity contribution in [3.8, 4) is 0 Å². The molecule has 1 aromatic heterocycles. The molecule has 1 saturated heterocycles. The van der Waals surface area contributed by atoms with E-state index in [9.17, 15) is 24.2 Å². The number of halogens is 1. The number of aliphatic hydroxyl groups excluding tert-OH is 1. The molecule has 1 fully saturated rings. The van der Waals surface area contributed by atoms with Gasteiger partial charge in [0.2, 0.25) is 5.91 Å². The van der Waals surface area contributed by atoms with Crippen LogP contribution in [0, 0.1) is 11.8 Å². The minimum Gasteiger partial charge on any atom is -0.477 e. The van der Waals surface area contributed by atoms with Crippen molar-refractivity contribution in [2.24, 2.45) is 11.8 Å². The molecule has 0 aliphatic carbocycles. The maximum absolute atomic E-state index is 13.6. The molecule has 4 atom stereocenters. The molecule has 0 saturated carbocycles. The van der Waals surface area contributed by atoms with Crippen molar-refractivity contribution in [1.29, 1.82) is 0 Å². The van der Waals surface area contributed by atoms with Crippen LogP contribution in [-0.2, 0) is 9.59 Å². The predicted octanol–water partition coefficient (Wildman–Crippen LogP) is 0.776. The second-order valence-corrected chi connectivity index (χ2v) is 7.45. The highest BCUT2D eigenvalue weighted by molar-refractivity contribution is 8.01. The van der Waals surface area contributed by atoms with E-state index in [1.54, 1.807) is 5.51 Å². The fourth-order valence-electron chi connectivity index (χ4n) is 3.22. The number of β-lactam (4-membered cyclic amide) rings is 1. The highest BCUT2D eigenvalue weighted by atomic mass is 32.2. The van der Waals surface area contributed by atoms with Gasteiger partial charge >= 0.3 is 5.97 Å². The fraction of sp³-hybridized carbons (Fsp3) is 0.538. The number of carboxylic acid groups (broad SMARTS) is 1. The zero-order chi connectivity index (χ0) is 16.7. The SMILES string of the molecule is C[C@@H](O)[C@H]1C(=O)N2C(C(=O)O)=C(CSc3nncs3)[C@H](CF)[C@H]12. The zero-order valence-corrected chi connectivity index (χ0v) is 13.7. The molecule has 0 radical (unpaired) electrons. The number of alkyl halides is 1. The second kappa shape index (κ2) is 6.17. The maximum atomic E-state index is 13.6. The van der Waals surface area contributed by atoms with E-state index in [1.165, 1.54) is 30.0 Å². The van der Waals surface area contributed by atoms with Crippen LogP contribution in [-0.4, -0.2) is 61.8 Å². The van der Waals surface area contributed by atoms with E-state index >= 15 is 0 Å². The van der Waals surface area contributed by atoms with Crippen molar-refractivity contribution >= 4 is 35.0 Å². The Morgan fingerprint density at radius 3 is 2.87 bits per heavy atom. The predicted molar refractivity (Wildman–Crippen MR) is 80.6 cm³/mol. The first-order valence-corrected chi connectivity index (χ1v) is 8.76. The van der Waals surface area contributed by atoms with Gasteiger partial charge in [-0.15, -0.1) is 10.2 Å². The number of thioether (sulfide) groups is 1. The molecular formula is C13H14FN3O4S2. The third-order valence-electron chi connectivity index (χ3n) is 4.17. The lowest BCUT2D eigenvalue weighted by Crippen LogP contribution is -2.64. The second-order valence-electron chi connectivity index (χ2n) is 5.40. The van der Waals surface area contributed by atoms with Gasteiger partial charge in [-0.05, 0) is 12.5 Å². The lowest BCUT2D eigenvalue weighted by atomic mass is 9.77. The van der Waals surface area contributed by atoms with Crippen molar-refractivity contribution in [2.75, 3.05) is 12.4 Å². The third-order valence-corrected chi connectivity index (χ3v) is 6.08. The number of amides is 1. The molecule has 1 amide bonds. The largest absolute Gasteiger partial charge is 0.477 e. The Morgan fingerprint density at radius 1 is 1.61 bits per heavy atom. The number of carbonyl (C=O) groups is 2. The third kappa shape index (κ3) is 2.54. The van der Waals surface area contributed by atoms with Crippen LogP contribution in [0.15, 0.2) is 21.1 Å². The van der Waals surface area contributed by atoms with Crippen molar-refractivity contribution in [3.63, 3.8) is 0 Å². The summed E-state index contributed by atoms with van der Waals surface area (Å²) in [6, 6.07) is -0.622. The number of aliphatic hydroxyl groups is 1. The highest BCUT2D eigenvalue weighted by Gasteiger charge is 2.60. The van der Waals surface area contributed by atoms with Crippen LogP contribution in [0.4, 0.5) is 4.39 Å². The van der Waals surface area contributed by atoms with Crippen LogP contribution in [0.2, 0.25) is 0 Å². The minimum absolute atomic E-state index is 0.156. The van der Waals surface area contributed by atoms with Crippen molar-refractivity contribution in [1.82, 2.24) is 15.1 Å². The quantitative estimate of drug-likeness (QED) is 0.571. The molecule has 124 valence electrons. The molecule has 2 aliphatic heterocycles. The number of aliphatic carboxylic acids is 1. The van der Waals surface area contributed by atoms with Gasteiger partial charge < -0.3 is 15.1 Å². The molecule has 0 bridgehead atoms. The van der Waals surface area contributed by atoms with Gasteiger partial charge in [0.25, 0.3) is 0 Å². The van der Waals surface area contributed by atoms with Gasteiger partial charge in [0.05, 0.1) is 24.7 Å². The molecule has 23 heavy (non-hydrogen) atoms. The standard InChI is InChI=1S/C13H14FN3O4S2/c1-5(18)8-9-6(2-14)7(3-22-13-16-15-4-23-13)10(12(20)21)17(9)11(8)19/h4-6,8-9,18H,2-3H2,1H3,(H,20,21)/t5-,6+,8-,9-/m1/s1. The van der Waals surface area contributed by atoms with Gasteiger partial charge in [-0.1, -0.05) is 23.1 Å². The first kappa shape index (κ1) is 16.3. The Bertz CT molecular complexity index is 664. The number of carbonyl (C=O) groups excluding carboxylic acids is 1. The van der Waals surface area contributed by atoms with Crippen LogP contribution in [0.3, 0.4) is 0 Å². The van der Waals surface area contributed by atoms with E-state index in [1.807, 2.05) is 0 Å². The highest BCUT2D eigenvalue weighted by Crippen LogP contribution is 2.48. The van der Waals surface area contributed by atoms with Gasteiger partial charge in [0.15, 0.2) is 4.34 Å². The average molecular weight is 359 g/mol. The lowest BCUT2D eigenvalue weighted by molar-refractivity contribution is -0.163. The number of fused-ring (bicyclic) bond motifs is 1. The molecule has 3 rings (SSSR count). The Morgan fingerprint density at radius 2 is 2.35 bits per heavy atom. The summed E-state index contributed by atoms with van der Waals surface area (Å²) in [7, 11) is 0. The molecule has 7 nitrogen and oxygen atoms in total. The molecule has 0 spiro atoms. The normalized spacial score (nSPS) is 27.9. The van der Waals surface area contributed by atoms with Crippen LogP contribution in [0.25, 0.3) is 0 Å². The van der Waals surface area contributed by atoms with Gasteiger partial charge in [-0.25, -0.2) is 4.79 Å². The zero-order valence-electron chi connectivity index (χ0n) is 12.0. The van der Waals surface area contributed by atoms with Crippen LogP contribution >= 0.6 is 23.1 Å². The number of aromatic nitrogens is 2.